The number of fused-ring (bicyclic) bond motifs is 6. The van der Waals surface area contributed by atoms with Crippen molar-refractivity contribution in [3.8, 4) is 33.4 Å². The van der Waals surface area contributed by atoms with Gasteiger partial charge in [0, 0.05) is 61.1 Å². The largest absolute Gasteiger partial charge is 0.493 e. The van der Waals surface area contributed by atoms with Crippen LogP contribution in [0.25, 0.3) is 33.4 Å². The summed E-state index contributed by atoms with van der Waals surface area (Å²) in [6.07, 6.45) is 1.89. The Kier molecular flexibility index (Phi) is 13.1. The summed E-state index contributed by atoms with van der Waals surface area (Å²) in [4.78, 5) is 14.5. The molecule has 0 radical (unpaired) electrons. The third-order valence-corrected chi connectivity index (χ3v) is 14.6. The van der Waals surface area contributed by atoms with Crippen molar-refractivity contribution < 1.29 is 21.1 Å². The second-order valence-corrected chi connectivity index (χ2v) is 22.8. The van der Waals surface area contributed by atoms with Crippen molar-refractivity contribution in [2.24, 2.45) is 0 Å². The average molecular weight is 1150 g/mol. The summed E-state index contributed by atoms with van der Waals surface area (Å²) < 4.78 is 0. The van der Waals surface area contributed by atoms with Crippen LogP contribution in [0.1, 0.15) is 90.1 Å². The van der Waals surface area contributed by atoms with E-state index in [1.807, 2.05) is 12.3 Å². The number of hydrogen-bond acceptors (Lipinski definition) is 5. The van der Waals surface area contributed by atoms with E-state index in [2.05, 4.69) is 284 Å². The van der Waals surface area contributed by atoms with Crippen LogP contribution in [0.3, 0.4) is 0 Å². The first-order valence-electron chi connectivity index (χ1n) is 25.6. The van der Waals surface area contributed by atoms with Crippen molar-refractivity contribution in [2.75, 3.05) is 19.6 Å². The van der Waals surface area contributed by atoms with E-state index in [9.17, 15) is 0 Å². The van der Waals surface area contributed by atoms with Crippen molar-refractivity contribution in [3.63, 3.8) is 0 Å². The fourth-order valence-corrected chi connectivity index (χ4v) is 10.5. The molecule has 5 nitrogen and oxygen atoms in total. The van der Waals surface area contributed by atoms with Gasteiger partial charge in [-0.25, -0.2) is 4.98 Å². The Hall–Kier alpha value is -7.20. The van der Waals surface area contributed by atoms with Gasteiger partial charge in [-0.05, 0) is 106 Å². The summed E-state index contributed by atoms with van der Waals surface area (Å²) >= 11 is 0. The molecule has 0 bridgehead atoms. The number of hydrogen-bond donors (Lipinski definition) is 0. The number of nitrogens with zero attached hydrogens (tertiary/aromatic N) is 5. The van der Waals surface area contributed by atoms with Crippen LogP contribution < -0.4 is 19.6 Å². The van der Waals surface area contributed by atoms with E-state index >= 15 is 0 Å². The predicted octanol–water partition coefficient (Wildman–Crippen LogP) is 18.9. The predicted molar refractivity (Wildman–Crippen MR) is 308 cm³/mol. The zero-order valence-electron chi connectivity index (χ0n) is 44.5. The summed E-state index contributed by atoms with van der Waals surface area (Å²) in [5, 5.41) is 0. The van der Waals surface area contributed by atoms with Gasteiger partial charge in [-0.1, -0.05) is 194 Å². The van der Waals surface area contributed by atoms with Crippen LogP contribution in [0, 0.1) is 32.6 Å². The maximum atomic E-state index is 5.05. The van der Waals surface area contributed by atoms with E-state index in [1.54, 1.807) is 0 Å². The molecule has 6 heteroatoms. The second-order valence-electron chi connectivity index (χ2n) is 22.8. The second kappa shape index (κ2) is 19.3. The molecule has 0 atom stereocenters. The molecule has 3 heterocycles. The Bertz CT molecular complexity index is 3530. The van der Waals surface area contributed by atoms with Crippen LogP contribution in [-0.4, -0.2) is 4.98 Å². The minimum atomic E-state index is -0.211. The molecule has 0 aliphatic carbocycles. The van der Waals surface area contributed by atoms with E-state index in [0.717, 1.165) is 68.0 Å². The quantitative estimate of drug-likeness (QED) is 0.148. The Morgan fingerprint density at radius 2 is 1.08 bits per heavy atom. The summed E-state index contributed by atoms with van der Waals surface area (Å²) in [5.41, 5.74) is 21.9. The Balaban J connectivity index is 0.00000626. The molecule has 2 aliphatic heterocycles. The monoisotopic (exact) mass is 1150 g/mol. The van der Waals surface area contributed by atoms with Gasteiger partial charge in [-0.15, -0.1) is 53.8 Å². The number of anilines is 10. The fraction of sp³-hybridized carbons (Fsp3) is 0.206. The Labute approximate surface area is 454 Å². The van der Waals surface area contributed by atoms with Crippen LogP contribution in [0.5, 0.6) is 0 Å². The summed E-state index contributed by atoms with van der Waals surface area (Å²) in [7, 11) is 0. The van der Waals surface area contributed by atoms with E-state index in [0.29, 0.717) is 0 Å². The molecule has 11 rings (SSSR count). The van der Waals surface area contributed by atoms with Crippen LogP contribution in [0.15, 0.2) is 182 Å². The van der Waals surface area contributed by atoms with E-state index in [4.69, 9.17) is 4.98 Å². The molecular weight excluding hydrogens is 1080 g/mol. The normalized spacial score (nSPS) is 13.1. The van der Waals surface area contributed by atoms with Crippen molar-refractivity contribution in [1.82, 2.24) is 4.98 Å². The summed E-state index contributed by atoms with van der Waals surface area (Å²) in [6, 6.07) is 72.2. The number of benzene rings is 8. The number of aryl methyl sites for hydroxylation is 2. The first-order chi connectivity index (χ1) is 34.9. The van der Waals surface area contributed by atoms with Crippen LogP contribution in [0.2, 0.25) is 0 Å². The standard InChI is InChI=1S/C68H64N5.Pt/c1-45-37-62-63(38-46(45)2)71(65-54(47-23-14-12-15-24-47)29-22-30-59(65)68(9,10)11)44-70(62)52-39-49(67(6,7)8)40-53(42-52)72(50-25-16-13-17-26-50)51-33-35-58-56-28-19-18-27-55(56)57-34-32-48(66(3,4)5)41-60(57)73(61(58)43-51)64-31-20-21-36-69-64;/h12-41,44H,1-11H3;/q-3;. The van der Waals surface area contributed by atoms with Gasteiger partial charge in [0.15, 0.2) is 0 Å². The third-order valence-electron chi connectivity index (χ3n) is 14.6. The molecule has 0 saturated carbocycles. The number of aromatic nitrogens is 1. The maximum absolute atomic E-state index is 5.05. The summed E-state index contributed by atoms with van der Waals surface area (Å²) in [6.45, 7) is 27.4. The van der Waals surface area contributed by atoms with Crippen molar-refractivity contribution in [1.29, 1.82) is 0 Å². The fourth-order valence-electron chi connectivity index (χ4n) is 10.5. The maximum Gasteiger partial charge on any atom is 0.135 e. The third kappa shape index (κ3) is 9.15. The molecule has 0 N–H and O–H groups in total. The van der Waals surface area contributed by atoms with Gasteiger partial charge >= 0.3 is 0 Å². The van der Waals surface area contributed by atoms with Crippen molar-refractivity contribution >= 4 is 57.0 Å². The number of pyridine rings is 1. The van der Waals surface area contributed by atoms with Crippen molar-refractivity contribution in [3.05, 3.63) is 229 Å². The zero-order chi connectivity index (χ0) is 51.0. The Morgan fingerprint density at radius 1 is 0.473 bits per heavy atom. The van der Waals surface area contributed by atoms with Gasteiger partial charge in [0.2, 0.25) is 0 Å². The van der Waals surface area contributed by atoms with E-state index < -0.39 is 0 Å². The number of rotatable bonds is 7. The van der Waals surface area contributed by atoms with Crippen molar-refractivity contribution in [2.45, 2.75) is 92.4 Å². The van der Waals surface area contributed by atoms with E-state index in [-0.39, 0.29) is 37.3 Å². The first kappa shape index (κ1) is 50.3. The van der Waals surface area contributed by atoms with Gasteiger partial charge in [-0.3, -0.25) is 0 Å². The van der Waals surface area contributed by atoms with Crippen LogP contribution in [0.4, 0.5) is 57.0 Å². The van der Waals surface area contributed by atoms with Gasteiger partial charge in [-0.2, -0.15) is 6.07 Å². The molecule has 374 valence electrons. The van der Waals surface area contributed by atoms with E-state index in [1.165, 1.54) is 50.2 Å². The average Bonchev–Trinajstić information content (AvgIpc) is 3.68. The minimum absolute atomic E-state index is 0. The van der Waals surface area contributed by atoms with Gasteiger partial charge < -0.3 is 19.6 Å². The molecule has 0 spiro atoms. The van der Waals surface area contributed by atoms with Gasteiger partial charge in [0.05, 0.1) is 5.69 Å². The molecule has 2 aliphatic rings. The van der Waals surface area contributed by atoms with Gasteiger partial charge in [0.1, 0.15) is 5.82 Å². The van der Waals surface area contributed by atoms with Crippen LogP contribution in [-0.2, 0) is 37.3 Å². The topological polar surface area (TPSA) is 25.9 Å². The SMILES string of the molecule is Cc1cc2c(cc1C)N(c1c(-c3ccccc3)cccc1C(C)(C)C)[CH-]N2c1[c-]c(N(c2[c-]c3c(cc2)-c2ccccc2-c2ccc(C(C)(C)C)cc2N3c2ccccn2)c2ccccc2)cc(C(C)(C)C)c1.[Pt]. The minimum Gasteiger partial charge on any atom is -0.493 e. The molecule has 9 aromatic rings. The summed E-state index contributed by atoms with van der Waals surface area (Å²) in [5.74, 6) is 0.828. The molecule has 8 aromatic carbocycles. The zero-order valence-corrected chi connectivity index (χ0v) is 46.7. The smallest absolute Gasteiger partial charge is 0.135 e. The van der Waals surface area contributed by atoms with Crippen LogP contribution >= 0.6 is 0 Å². The first-order valence-corrected chi connectivity index (χ1v) is 25.6. The van der Waals surface area contributed by atoms with Gasteiger partial charge in [0.25, 0.3) is 0 Å². The molecule has 0 unspecified atom stereocenters. The molecule has 0 amide bonds. The molecule has 74 heavy (non-hydrogen) atoms. The Morgan fingerprint density at radius 3 is 1.73 bits per heavy atom. The number of para-hydroxylation sites is 2. The molecule has 0 fully saturated rings. The molecule has 0 saturated heterocycles. The molecule has 1 aromatic heterocycles. The molecular formula is C68H64N5Pt-3.